The van der Waals surface area contributed by atoms with Crippen molar-refractivity contribution in [1.29, 1.82) is 0 Å². The zero-order chi connectivity index (χ0) is 12.7. The highest BCUT2D eigenvalue weighted by molar-refractivity contribution is 4.83. The van der Waals surface area contributed by atoms with Crippen LogP contribution in [0.2, 0.25) is 0 Å². The van der Waals surface area contributed by atoms with Crippen LogP contribution in [0.4, 0.5) is 0 Å². The van der Waals surface area contributed by atoms with Gasteiger partial charge in [0.25, 0.3) is 0 Å². The topological polar surface area (TPSA) is 32.5 Å². The molecule has 0 bridgehead atoms. The van der Waals surface area contributed by atoms with Crippen LogP contribution in [0.15, 0.2) is 0 Å². The van der Waals surface area contributed by atoms with Crippen LogP contribution < -0.4 is 5.73 Å². The lowest BCUT2D eigenvalue weighted by atomic mass is 9.96. The third-order valence-corrected chi connectivity index (χ3v) is 4.11. The maximum atomic E-state index is 6.01. The first-order valence-corrected chi connectivity index (χ1v) is 7.27. The van der Waals surface area contributed by atoms with Crippen LogP contribution in [0.1, 0.15) is 39.0 Å². The maximum absolute atomic E-state index is 6.01. The standard InChI is InChI=1S/C14H31N3/c1-4-17(11-7-10-16(2)3)14(12-15)13-8-5-6-9-13/h13-14H,4-12,15H2,1-3H3. The van der Waals surface area contributed by atoms with E-state index in [2.05, 4.69) is 30.8 Å². The summed E-state index contributed by atoms with van der Waals surface area (Å²) in [4.78, 5) is 4.88. The van der Waals surface area contributed by atoms with Crippen LogP contribution in [0.5, 0.6) is 0 Å². The SMILES string of the molecule is CCN(CCCN(C)C)C(CN)C1CCCC1. The predicted molar refractivity (Wildman–Crippen MR) is 75.2 cm³/mol. The smallest absolute Gasteiger partial charge is 0.0246 e. The van der Waals surface area contributed by atoms with Crippen LogP contribution in [0.25, 0.3) is 0 Å². The first-order chi connectivity index (χ1) is 8.19. The molecular formula is C14H31N3. The van der Waals surface area contributed by atoms with Crippen molar-refractivity contribution in [3.8, 4) is 0 Å². The van der Waals surface area contributed by atoms with Crippen molar-refractivity contribution in [3.63, 3.8) is 0 Å². The summed E-state index contributed by atoms with van der Waals surface area (Å²) in [7, 11) is 4.29. The Kier molecular flexibility index (Phi) is 7.09. The summed E-state index contributed by atoms with van der Waals surface area (Å²) < 4.78 is 0. The van der Waals surface area contributed by atoms with Gasteiger partial charge < -0.3 is 10.6 Å². The van der Waals surface area contributed by atoms with Crippen molar-refractivity contribution in [2.75, 3.05) is 40.3 Å². The Hall–Kier alpha value is -0.120. The molecule has 3 heteroatoms. The molecule has 2 N–H and O–H groups in total. The second-order valence-corrected chi connectivity index (χ2v) is 5.63. The number of rotatable bonds is 8. The van der Waals surface area contributed by atoms with Gasteiger partial charge in [0, 0.05) is 12.6 Å². The number of nitrogens with two attached hydrogens (primary N) is 1. The minimum absolute atomic E-state index is 0.629. The number of likely N-dealkylation sites (N-methyl/N-ethyl adjacent to an activating group) is 1. The normalized spacial score (nSPS) is 19.4. The van der Waals surface area contributed by atoms with Gasteiger partial charge in [-0.05, 0) is 58.9 Å². The molecule has 0 aromatic heterocycles. The van der Waals surface area contributed by atoms with Gasteiger partial charge in [-0.1, -0.05) is 19.8 Å². The van der Waals surface area contributed by atoms with Gasteiger partial charge in [-0.15, -0.1) is 0 Å². The quantitative estimate of drug-likeness (QED) is 0.703. The van der Waals surface area contributed by atoms with Crippen molar-refractivity contribution in [3.05, 3.63) is 0 Å². The van der Waals surface area contributed by atoms with Gasteiger partial charge in [0.1, 0.15) is 0 Å². The van der Waals surface area contributed by atoms with E-state index in [-0.39, 0.29) is 0 Å². The molecule has 0 aliphatic heterocycles. The Balaban J connectivity index is 2.39. The van der Waals surface area contributed by atoms with Crippen molar-refractivity contribution in [2.24, 2.45) is 11.7 Å². The van der Waals surface area contributed by atoms with E-state index in [1.165, 1.54) is 45.2 Å². The predicted octanol–water partition coefficient (Wildman–Crippen LogP) is 1.78. The van der Waals surface area contributed by atoms with Crippen molar-refractivity contribution in [1.82, 2.24) is 9.80 Å². The number of nitrogens with zero attached hydrogens (tertiary/aromatic N) is 2. The van der Waals surface area contributed by atoms with E-state index in [4.69, 9.17) is 5.73 Å². The Bertz CT molecular complexity index is 188. The fraction of sp³-hybridized carbons (Fsp3) is 1.00. The molecule has 0 aromatic rings. The molecule has 1 fully saturated rings. The molecule has 1 unspecified atom stereocenters. The van der Waals surface area contributed by atoms with Crippen molar-refractivity contribution < 1.29 is 0 Å². The second-order valence-electron chi connectivity index (χ2n) is 5.63. The molecule has 3 nitrogen and oxygen atoms in total. The molecule has 1 saturated carbocycles. The summed E-state index contributed by atoms with van der Waals surface area (Å²) in [5.74, 6) is 0.860. The third-order valence-electron chi connectivity index (χ3n) is 4.11. The monoisotopic (exact) mass is 241 g/mol. The van der Waals surface area contributed by atoms with E-state index in [9.17, 15) is 0 Å². The van der Waals surface area contributed by atoms with Crippen LogP contribution in [0, 0.1) is 5.92 Å². The molecule has 0 saturated heterocycles. The summed E-state index contributed by atoms with van der Waals surface area (Å²) >= 11 is 0. The van der Waals surface area contributed by atoms with E-state index in [1.807, 2.05) is 0 Å². The minimum atomic E-state index is 0.629. The van der Waals surface area contributed by atoms with Crippen LogP contribution in [-0.2, 0) is 0 Å². The van der Waals surface area contributed by atoms with Crippen LogP contribution >= 0.6 is 0 Å². The molecule has 1 rings (SSSR count). The maximum Gasteiger partial charge on any atom is 0.0246 e. The average molecular weight is 241 g/mol. The average Bonchev–Trinajstić information content (AvgIpc) is 2.81. The summed E-state index contributed by atoms with van der Waals surface area (Å²) in [5.41, 5.74) is 6.01. The van der Waals surface area contributed by atoms with Gasteiger partial charge in [0.05, 0.1) is 0 Å². The highest BCUT2D eigenvalue weighted by Gasteiger charge is 2.27. The molecule has 0 amide bonds. The van der Waals surface area contributed by atoms with E-state index < -0.39 is 0 Å². The van der Waals surface area contributed by atoms with Crippen molar-refractivity contribution >= 4 is 0 Å². The Labute approximate surface area is 107 Å². The molecule has 102 valence electrons. The Morgan fingerprint density at radius 2 is 1.82 bits per heavy atom. The fourth-order valence-corrected chi connectivity index (χ4v) is 3.13. The molecule has 0 aromatic carbocycles. The van der Waals surface area contributed by atoms with Gasteiger partial charge in [-0.25, -0.2) is 0 Å². The molecule has 1 aliphatic carbocycles. The van der Waals surface area contributed by atoms with Gasteiger partial charge in [-0.2, -0.15) is 0 Å². The zero-order valence-electron chi connectivity index (χ0n) is 12.0. The lowest BCUT2D eigenvalue weighted by molar-refractivity contribution is 0.148. The molecule has 17 heavy (non-hydrogen) atoms. The Morgan fingerprint density at radius 3 is 2.29 bits per heavy atom. The minimum Gasteiger partial charge on any atom is -0.329 e. The third kappa shape index (κ3) is 4.94. The molecular weight excluding hydrogens is 210 g/mol. The first-order valence-electron chi connectivity index (χ1n) is 7.27. The van der Waals surface area contributed by atoms with E-state index >= 15 is 0 Å². The summed E-state index contributed by atoms with van der Waals surface area (Å²) in [6, 6.07) is 0.629. The molecule has 1 atom stereocenters. The molecule has 1 aliphatic rings. The van der Waals surface area contributed by atoms with Gasteiger partial charge in [-0.3, -0.25) is 4.90 Å². The fourth-order valence-electron chi connectivity index (χ4n) is 3.13. The largest absolute Gasteiger partial charge is 0.329 e. The van der Waals surface area contributed by atoms with E-state index in [0.29, 0.717) is 6.04 Å². The summed E-state index contributed by atoms with van der Waals surface area (Å²) in [5, 5.41) is 0. The zero-order valence-corrected chi connectivity index (χ0v) is 12.0. The first kappa shape index (κ1) is 14.9. The van der Waals surface area contributed by atoms with Crippen LogP contribution in [-0.4, -0.2) is 56.1 Å². The van der Waals surface area contributed by atoms with Gasteiger partial charge in [0.15, 0.2) is 0 Å². The highest BCUT2D eigenvalue weighted by atomic mass is 15.2. The Morgan fingerprint density at radius 1 is 1.18 bits per heavy atom. The highest BCUT2D eigenvalue weighted by Crippen LogP contribution is 2.29. The summed E-state index contributed by atoms with van der Waals surface area (Å²) in [6.45, 7) is 6.63. The second kappa shape index (κ2) is 8.06. The molecule has 0 spiro atoms. The molecule has 0 radical (unpaired) electrons. The lowest BCUT2D eigenvalue weighted by Crippen LogP contribution is -2.45. The molecule has 0 heterocycles. The lowest BCUT2D eigenvalue weighted by Gasteiger charge is -2.34. The van der Waals surface area contributed by atoms with E-state index in [1.54, 1.807) is 0 Å². The van der Waals surface area contributed by atoms with Gasteiger partial charge >= 0.3 is 0 Å². The van der Waals surface area contributed by atoms with Crippen molar-refractivity contribution in [2.45, 2.75) is 45.1 Å². The number of hydrogen-bond acceptors (Lipinski definition) is 3. The van der Waals surface area contributed by atoms with Gasteiger partial charge in [0.2, 0.25) is 0 Å². The van der Waals surface area contributed by atoms with Crippen LogP contribution in [0.3, 0.4) is 0 Å². The number of hydrogen-bond donors (Lipinski definition) is 1. The summed E-state index contributed by atoms with van der Waals surface area (Å²) in [6.07, 6.45) is 6.87. The van der Waals surface area contributed by atoms with E-state index in [0.717, 1.165) is 19.0 Å².